The quantitative estimate of drug-likeness (QED) is 0.865. The van der Waals surface area contributed by atoms with Gasteiger partial charge in [0.25, 0.3) is 5.91 Å². The van der Waals surface area contributed by atoms with Crippen LogP contribution < -0.4 is 5.32 Å². The van der Waals surface area contributed by atoms with Crippen LogP contribution in [-0.2, 0) is 25.9 Å². The molecule has 1 fully saturated rings. The van der Waals surface area contributed by atoms with E-state index in [4.69, 9.17) is 0 Å². The minimum Gasteiger partial charge on any atom is -0.337 e. The van der Waals surface area contributed by atoms with Crippen molar-refractivity contribution in [2.24, 2.45) is 0 Å². The maximum atomic E-state index is 12.6. The van der Waals surface area contributed by atoms with Gasteiger partial charge in [-0.3, -0.25) is 13.8 Å². The van der Waals surface area contributed by atoms with Crippen LogP contribution in [0.4, 0.5) is 0 Å². The molecule has 0 bridgehead atoms. The SMILES string of the molecule is CS(=O)CCN1CC(=O)NC(C)(c2ccccc2)C1=O. The fourth-order valence-electron chi connectivity index (χ4n) is 2.32. The number of carbonyl (C=O) groups is 2. The van der Waals surface area contributed by atoms with Gasteiger partial charge < -0.3 is 10.2 Å². The van der Waals surface area contributed by atoms with Gasteiger partial charge in [-0.1, -0.05) is 30.3 Å². The Labute approximate surface area is 120 Å². The van der Waals surface area contributed by atoms with Gasteiger partial charge in [-0.15, -0.1) is 0 Å². The molecule has 6 heteroatoms. The Morgan fingerprint density at radius 3 is 2.55 bits per heavy atom. The van der Waals surface area contributed by atoms with Crippen LogP contribution in [0, 0.1) is 0 Å². The van der Waals surface area contributed by atoms with Crippen molar-refractivity contribution in [3.8, 4) is 0 Å². The molecule has 0 saturated carbocycles. The van der Waals surface area contributed by atoms with E-state index in [-0.39, 0.29) is 18.4 Å². The van der Waals surface area contributed by atoms with Crippen molar-refractivity contribution < 1.29 is 13.8 Å². The molecule has 1 aromatic rings. The Bertz CT molecular complexity index is 547. The van der Waals surface area contributed by atoms with Crippen molar-refractivity contribution in [2.75, 3.05) is 25.1 Å². The molecule has 1 aliphatic rings. The van der Waals surface area contributed by atoms with Crippen LogP contribution in [0.5, 0.6) is 0 Å². The third-order valence-corrected chi connectivity index (χ3v) is 4.20. The molecule has 20 heavy (non-hydrogen) atoms. The molecule has 0 spiro atoms. The summed E-state index contributed by atoms with van der Waals surface area (Å²) in [5, 5.41) is 2.77. The summed E-state index contributed by atoms with van der Waals surface area (Å²) in [6.45, 7) is 2.06. The highest BCUT2D eigenvalue weighted by Gasteiger charge is 2.43. The zero-order chi connectivity index (χ0) is 14.8. The molecule has 2 amide bonds. The first kappa shape index (κ1) is 14.7. The van der Waals surface area contributed by atoms with Gasteiger partial charge in [0.15, 0.2) is 0 Å². The van der Waals surface area contributed by atoms with Crippen LogP contribution in [0.3, 0.4) is 0 Å². The molecule has 0 aliphatic carbocycles. The lowest BCUT2D eigenvalue weighted by Gasteiger charge is -2.40. The zero-order valence-electron chi connectivity index (χ0n) is 11.6. The molecule has 0 aromatic heterocycles. The average molecular weight is 294 g/mol. The smallest absolute Gasteiger partial charge is 0.253 e. The number of benzene rings is 1. The van der Waals surface area contributed by atoms with Crippen LogP contribution in [0.25, 0.3) is 0 Å². The highest BCUT2D eigenvalue weighted by Crippen LogP contribution is 2.25. The summed E-state index contributed by atoms with van der Waals surface area (Å²) in [5.74, 6) is 0.0238. The number of rotatable bonds is 4. The van der Waals surface area contributed by atoms with Crippen molar-refractivity contribution in [3.05, 3.63) is 35.9 Å². The van der Waals surface area contributed by atoms with Crippen molar-refractivity contribution in [1.29, 1.82) is 0 Å². The van der Waals surface area contributed by atoms with E-state index in [2.05, 4.69) is 5.32 Å². The first-order valence-electron chi connectivity index (χ1n) is 6.39. The van der Waals surface area contributed by atoms with Gasteiger partial charge in [0.2, 0.25) is 5.91 Å². The summed E-state index contributed by atoms with van der Waals surface area (Å²) < 4.78 is 11.2. The number of piperazine rings is 1. The summed E-state index contributed by atoms with van der Waals surface area (Å²) >= 11 is 0. The predicted octanol–water partition coefficient (Wildman–Crippen LogP) is 0.239. The largest absolute Gasteiger partial charge is 0.337 e. The molecule has 2 rings (SSSR count). The molecule has 1 N–H and O–H groups in total. The summed E-state index contributed by atoms with van der Waals surface area (Å²) in [5.41, 5.74) is -0.299. The Morgan fingerprint density at radius 2 is 1.95 bits per heavy atom. The Kier molecular flexibility index (Phi) is 4.23. The molecule has 2 atom stereocenters. The summed E-state index contributed by atoms with van der Waals surface area (Å²) in [7, 11) is -0.988. The molecule has 2 unspecified atom stereocenters. The Morgan fingerprint density at radius 1 is 1.30 bits per heavy atom. The summed E-state index contributed by atoms with van der Waals surface area (Å²) in [6, 6.07) is 9.17. The molecule has 1 aromatic carbocycles. The fraction of sp³-hybridized carbons (Fsp3) is 0.429. The van der Waals surface area contributed by atoms with Gasteiger partial charge in [-0.05, 0) is 12.5 Å². The van der Waals surface area contributed by atoms with E-state index in [1.807, 2.05) is 30.3 Å². The number of hydrogen-bond acceptors (Lipinski definition) is 3. The van der Waals surface area contributed by atoms with Gasteiger partial charge in [-0.25, -0.2) is 0 Å². The highest BCUT2D eigenvalue weighted by atomic mass is 32.2. The second kappa shape index (κ2) is 5.75. The highest BCUT2D eigenvalue weighted by molar-refractivity contribution is 7.84. The van der Waals surface area contributed by atoms with E-state index in [9.17, 15) is 13.8 Å². The molecule has 108 valence electrons. The third-order valence-electron chi connectivity index (χ3n) is 3.44. The Balaban J connectivity index is 2.27. The number of carbonyl (C=O) groups excluding carboxylic acids is 2. The molecule has 1 heterocycles. The second-order valence-corrected chi connectivity index (χ2v) is 6.60. The predicted molar refractivity (Wildman–Crippen MR) is 77.5 cm³/mol. The van der Waals surface area contributed by atoms with Gasteiger partial charge in [0.05, 0.1) is 6.54 Å². The molecule has 0 radical (unpaired) electrons. The first-order valence-corrected chi connectivity index (χ1v) is 8.12. The van der Waals surface area contributed by atoms with E-state index in [1.54, 1.807) is 13.2 Å². The van der Waals surface area contributed by atoms with Crippen LogP contribution in [0.2, 0.25) is 0 Å². The lowest BCUT2D eigenvalue weighted by atomic mass is 9.88. The lowest BCUT2D eigenvalue weighted by Crippen LogP contribution is -2.63. The van der Waals surface area contributed by atoms with E-state index in [0.29, 0.717) is 12.3 Å². The number of nitrogens with zero attached hydrogens (tertiary/aromatic N) is 1. The molecule has 1 aliphatic heterocycles. The molecular formula is C14H18N2O3S. The maximum absolute atomic E-state index is 12.6. The summed E-state index contributed by atoms with van der Waals surface area (Å²) in [6.07, 6.45) is 1.59. The van der Waals surface area contributed by atoms with Crippen molar-refractivity contribution in [2.45, 2.75) is 12.5 Å². The van der Waals surface area contributed by atoms with Crippen molar-refractivity contribution in [1.82, 2.24) is 10.2 Å². The standard InChI is InChI=1S/C14H18N2O3S/c1-14(11-6-4-3-5-7-11)13(18)16(8-9-20(2)19)10-12(17)15-14/h3-7H,8-10H2,1-2H3,(H,15,17). The molecular weight excluding hydrogens is 276 g/mol. The van der Waals surface area contributed by atoms with Crippen molar-refractivity contribution >= 4 is 22.6 Å². The van der Waals surface area contributed by atoms with E-state index in [1.165, 1.54) is 4.90 Å². The summed E-state index contributed by atoms with van der Waals surface area (Å²) in [4.78, 5) is 26.0. The van der Waals surface area contributed by atoms with E-state index in [0.717, 1.165) is 5.56 Å². The van der Waals surface area contributed by atoms with Crippen LogP contribution in [-0.4, -0.2) is 46.0 Å². The Hall–Kier alpha value is -1.69. The van der Waals surface area contributed by atoms with Crippen LogP contribution in [0.1, 0.15) is 12.5 Å². The van der Waals surface area contributed by atoms with Gasteiger partial charge in [-0.2, -0.15) is 0 Å². The third kappa shape index (κ3) is 2.90. The maximum Gasteiger partial charge on any atom is 0.253 e. The minimum atomic E-state index is -1.05. The lowest BCUT2D eigenvalue weighted by molar-refractivity contribution is -0.149. The topological polar surface area (TPSA) is 66.5 Å². The minimum absolute atomic E-state index is 0.0262. The fourth-order valence-corrected chi connectivity index (χ4v) is 2.80. The average Bonchev–Trinajstić information content (AvgIpc) is 2.42. The second-order valence-electron chi connectivity index (χ2n) is 5.04. The normalized spacial score (nSPS) is 24.4. The van der Waals surface area contributed by atoms with Gasteiger partial charge in [0.1, 0.15) is 5.54 Å². The van der Waals surface area contributed by atoms with Gasteiger partial charge >= 0.3 is 0 Å². The monoisotopic (exact) mass is 294 g/mol. The first-order chi connectivity index (χ1) is 9.43. The number of amides is 2. The molecule has 1 saturated heterocycles. The van der Waals surface area contributed by atoms with Crippen molar-refractivity contribution in [3.63, 3.8) is 0 Å². The van der Waals surface area contributed by atoms with Crippen LogP contribution >= 0.6 is 0 Å². The zero-order valence-corrected chi connectivity index (χ0v) is 12.4. The van der Waals surface area contributed by atoms with Crippen LogP contribution in [0.15, 0.2) is 30.3 Å². The van der Waals surface area contributed by atoms with E-state index < -0.39 is 16.3 Å². The van der Waals surface area contributed by atoms with Gasteiger partial charge in [0, 0.05) is 29.4 Å². The van der Waals surface area contributed by atoms with E-state index >= 15 is 0 Å². The molecule has 5 nitrogen and oxygen atoms in total. The number of nitrogens with one attached hydrogen (secondary N) is 1. The number of hydrogen-bond donors (Lipinski definition) is 1.